The predicted molar refractivity (Wildman–Crippen MR) is 63.7 cm³/mol. The van der Waals surface area contributed by atoms with Crippen molar-refractivity contribution in [2.75, 3.05) is 10.7 Å². The van der Waals surface area contributed by atoms with Crippen LogP contribution in [0.15, 0.2) is 17.5 Å². The highest BCUT2D eigenvalue weighted by Crippen LogP contribution is 2.28. The lowest BCUT2D eigenvalue weighted by Gasteiger charge is -2.23. The zero-order valence-corrected chi connectivity index (χ0v) is 11.0. The monoisotopic (exact) mass is 310 g/mol. The van der Waals surface area contributed by atoms with E-state index in [1.165, 1.54) is 4.88 Å². The molecule has 0 bridgehead atoms. The van der Waals surface area contributed by atoms with Crippen molar-refractivity contribution in [2.24, 2.45) is 5.41 Å². The summed E-state index contributed by atoms with van der Waals surface area (Å²) in [7, 11) is 0. The van der Waals surface area contributed by atoms with Gasteiger partial charge < -0.3 is 0 Å². The Kier molecular flexibility index (Phi) is 4.27. The summed E-state index contributed by atoms with van der Waals surface area (Å²) in [5.74, 6) is 0. The Morgan fingerprint density at radius 3 is 2.50 bits per heavy atom. The molecule has 3 heteroatoms. The maximum absolute atomic E-state index is 3.55. The van der Waals surface area contributed by atoms with Crippen molar-refractivity contribution in [1.29, 1.82) is 0 Å². The van der Waals surface area contributed by atoms with Gasteiger partial charge in [-0.05, 0) is 23.3 Å². The van der Waals surface area contributed by atoms with Gasteiger partial charge in [0.15, 0.2) is 0 Å². The van der Waals surface area contributed by atoms with E-state index in [2.05, 4.69) is 56.3 Å². The molecule has 0 amide bonds. The van der Waals surface area contributed by atoms with Gasteiger partial charge in [-0.1, -0.05) is 44.8 Å². The van der Waals surface area contributed by atoms with E-state index < -0.39 is 0 Å². The van der Waals surface area contributed by atoms with Crippen molar-refractivity contribution in [1.82, 2.24) is 0 Å². The summed E-state index contributed by atoms with van der Waals surface area (Å²) in [6, 6.07) is 4.32. The average Bonchev–Trinajstić information content (AvgIpc) is 2.57. The molecular formula is C9H12Br2S. The molecule has 0 aliphatic rings. The van der Waals surface area contributed by atoms with Crippen LogP contribution in [0.4, 0.5) is 0 Å². The summed E-state index contributed by atoms with van der Waals surface area (Å²) in [4.78, 5) is 1.47. The van der Waals surface area contributed by atoms with Crippen LogP contribution < -0.4 is 0 Å². The Balaban J connectivity index is 2.60. The molecular weight excluding hydrogens is 300 g/mol. The lowest BCUT2D eigenvalue weighted by atomic mass is 9.91. The number of hydrogen-bond donors (Lipinski definition) is 0. The van der Waals surface area contributed by atoms with Crippen molar-refractivity contribution in [3.8, 4) is 0 Å². The Morgan fingerprint density at radius 1 is 1.42 bits per heavy atom. The van der Waals surface area contributed by atoms with Gasteiger partial charge in [-0.2, -0.15) is 0 Å². The second kappa shape index (κ2) is 4.77. The van der Waals surface area contributed by atoms with Crippen LogP contribution >= 0.6 is 43.2 Å². The minimum absolute atomic E-state index is 0.352. The predicted octanol–water partition coefficient (Wildman–Crippen LogP) is 4.09. The van der Waals surface area contributed by atoms with Crippen molar-refractivity contribution < 1.29 is 0 Å². The van der Waals surface area contributed by atoms with Crippen molar-refractivity contribution in [3.63, 3.8) is 0 Å². The van der Waals surface area contributed by atoms with E-state index in [1.807, 2.05) is 11.3 Å². The van der Waals surface area contributed by atoms with Gasteiger partial charge in [0.1, 0.15) is 0 Å². The van der Waals surface area contributed by atoms with Gasteiger partial charge in [-0.3, -0.25) is 0 Å². The third kappa shape index (κ3) is 2.86. The van der Waals surface area contributed by atoms with Gasteiger partial charge in [0.25, 0.3) is 0 Å². The van der Waals surface area contributed by atoms with Gasteiger partial charge in [0.2, 0.25) is 0 Å². The fourth-order valence-electron chi connectivity index (χ4n) is 0.964. The molecule has 68 valence electrons. The largest absolute Gasteiger partial charge is 0.149 e. The van der Waals surface area contributed by atoms with Crippen LogP contribution in [0.2, 0.25) is 0 Å². The molecule has 1 heterocycles. The Labute approximate surface area is 94.6 Å². The third-order valence-electron chi connectivity index (χ3n) is 1.83. The normalized spacial score (nSPS) is 11.9. The highest BCUT2D eigenvalue weighted by atomic mass is 79.9. The zero-order chi connectivity index (χ0) is 9.03. The second-order valence-corrected chi connectivity index (χ2v) is 5.49. The number of rotatable bonds is 4. The second-order valence-electron chi connectivity index (χ2n) is 3.33. The molecule has 1 aromatic heterocycles. The highest BCUT2D eigenvalue weighted by Gasteiger charge is 2.22. The lowest BCUT2D eigenvalue weighted by Crippen LogP contribution is -2.22. The summed E-state index contributed by atoms with van der Waals surface area (Å²) < 4.78 is 0. The molecule has 0 aliphatic heterocycles. The van der Waals surface area contributed by atoms with E-state index >= 15 is 0 Å². The maximum atomic E-state index is 3.55. The van der Waals surface area contributed by atoms with E-state index in [-0.39, 0.29) is 0 Å². The summed E-state index contributed by atoms with van der Waals surface area (Å²) in [6.45, 7) is 2.29. The lowest BCUT2D eigenvalue weighted by molar-refractivity contribution is 0.442. The van der Waals surface area contributed by atoms with E-state index in [4.69, 9.17) is 0 Å². The number of hydrogen-bond acceptors (Lipinski definition) is 1. The molecule has 0 saturated heterocycles. The van der Waals surface area contributed by atoms with Crippen LogP contribution in [0.5, 0.6) is 0 Å². The summed E-state index contributed by atoms with van der Waals surface area (Å²) in [5.41, 5.74) is 0.352. The molecule has 0 N–H and O–H groups in total. The van der Waals surface area contributed by atoms with E-state index in [9.17, 15) is 0 Å². The zero-order valence-electron chi connectivity index (χ0n) is 7.02. The van der Waals surface area contributed by atoms with Gasteiger partial charge in [0.05, 0.1) is 0 Å². The van der Waals surface area contributed by atoms with Crippen molar-refractivity contribution in [2.45, 2.75) is 13.3 Å². The molecule has 0 aliphatic carbocycles. The Morgan fingerprint density at radius 2 is 2.08 bits per heavy atom. The van der Waals surface area contributed by atoms with Crippen LogP contribution in [0.25, 0.3) is 0 Å². The number of halogens is 2. The van der Waals surface area contributed by atoms with E-state index in [0.717, 1.165) is 17.1 Å². The van der Waals surface area contributed by atoms with Gasteiger partial charge in [-0.15, -0.1) is 11.3 Å². The quantitative estimate of drug-likeness (QED) is 0.735. The smallest absolute Gasteiger partial charge is 0.00968 e. The highest BCUT2D eigenvalue weighted by molar-refractivity contribution is 9.09. The average molecular weight is 312 g/mol. The molecule has 0 spiro atoms. The molecule has 1 rings (SSSR count). The van der Waals surface area contributed by atoms with Crippen molar-refractivity contribution in [3.05, 3.63) is 22.4 Å². The fourth-order valence-corrected chi connectivity index (χ4v) is 3.21. The third-order valence-corrected chi connectivity index (χ3v) is 5.41. The Bertz CT molecular complexity index is 214. The first kappa shape index (κ1) is 10.7. The Hall–Kier alpha value is 0.660. The molecule has 0 saturated carbocycles. The van der Waals surface area contributed by atoms with Crippen LogP contribution in [0.3, 0.4) is 0 Å². The molecule has 1 aromatic rings. The topological polar surface area (TPSA) is 0 Å². The summed E-state index contributed by atoms with van der Waals surface area (Å²) in [6.07, 6.45) is 1.15. The van der Waals surface area contributed by atoms with Gasteiger partial charge >= 0.3 is 0 Å². The molecule has 0 unspecified atom stereocenters. The molecule has 0 atom stereocenters. The maximum Gasteiger partial charge on any atom is 0.00968 e. The van der Waals surface area contributed by atoms with Crippen LogP contribution in [-0.2, 0) is 6.42 Å². The molecule has 0 nitrogen and oxygen atoms in total. The first-order valence-electron chi connectivity index (χ1n) is 3.84. The van der Waals surface area contributed by atoms with Crippen LogP contribution in [-0.4, -0.2) is 10.7 Å². The van der Waals surface area contributed by atoms with Crippen molar-refractivity contribution >= 4 is 43.2 Å². The molecule has 12 heavy (non-hydrogen) atoms. The SMILES string of the molecule is CC(CBr)(CBr)Cc1cccs1. The summed E-state index contributed by atoms with van der Waals surface area (Å²) in [5, 5.41) is 4.23. The number of thiophene rings is 1. The molecule has 0 aromatic carbocycles. The van der Waals surface area contributed by atoms with E-state index in [0.29, 0.717) is 5.41 Å². The summed E-state index contributed by atoms with van der Waals surface area (Å²) >= 11 is 8.94. The van der Waals surface area contributed by atoms with Crippen LogP contribution in [0, 0.1) is 5.41 Å². The van der Waals surface area contributed by atoms with Gasteiger partial charge in [0, 0.05) is 15.5 Å². The molecule has 0 fully saturated rings. The fraction of sp³-hybridized carbons (Fsp3) is 0.556. The molecule has 0 radical (unpaired) electrons. The van der Waals surface area contributed by atoms with Crippen LogP contribution in [0.1, 0.15) is 11.8 Å². The standard InChI is InChI=1S/C9H12Br2S/c1-9(6-10,7-11)5-8-3-2-4-12-8/h2-4H,5-7H2,1H3. The number of alkyl halides is 2. The first-order chi connectivity index (χ1) is 5.70. The van der Waals surface area contributed by atoms with E-state index in [1.54, 1.807) is 0 Å². The minimum Gasteiger partial charge on any atom is -0.149 e. The van der Waals surface area contributed by atoms with Gasteiger partial charge in [-0.25, -0.2) is 0 Å². The minimum atomic E-state index is 0.352. The first-order valence-corrected chi connectivity index (χ1v) is 6.97.